The molecular weight excluding hydrogens is 284 g/mol. The summed E-state index contributed by atoms with van der Waals surface area (Å²) in [5, 5.41) is 3.70. The first-order chi connectivity index (χ1) is 11.1. The molecule has 1 aromatic rings. The molecule has 3 aliphatic rings. The molecule has 126 valence electrons. The molecule has 1 saturated carbocycles. The fraction of sp³-hybridized carbons (Fsp3) is 0.700. The Balaban J connectivity index is 1.77. The van der Waals surface area contributed by atoms with Crippen molar-refractivity contribution in [3.05, 3.63) is 29.3 Å². The van der Waals surface area contributed by atoms with Gasteiger partial charge in [-0.1, -0.05) is 19.9 Å². The molecule has 4 atom stereocenters. The maximum absolute atomic E-state index is 5.52. The molecular formula is C20H30N2O. The standard InChI is InChI=1S/C20H30N2O/c1-13-11-22(12-14-5-6-14)18-9-15-7-8-16(23-4)10-17(15)20(13,2)19(18)21-3/h7-8,10,13-14,18-19,21H,5-6,9,11-12H2,1-4H3/t13?,18-,19-,20-/m1/s1. The highest BCUT2D eigenvalue weighted by atomic mass is 16.5. The van der Waals surface area contributed by atoms with Crippen molar-refractivity contribution in [3.8, 4) is 5.75 Å². The van der Waals surface area contributed by atoms with Gasteiger partial charge in [-0.3, -0.25) is 4.90 Å². The van der Waals surface area contributed by atoms with Crippen LogP contribution in [0.25, 0.3) is 0 Å². The topological polar surface area (TPSA) is 24.5 Å². The van der Waals surface area contributed by atoms with Crippen molar-refractivity contribution in [2.24, 2.45) is 11.8 Å². The van der Waals surface area contributed by atoms with Crippen molar-refractivity contribution in [2.75, 3.05) is 27.2 Å². The van der Waals surface area contributed by atoms with Crippen LogP contribution in [-0.2, 0) is 11.8 Å². The van der Waals surface area contributed by atoms with Gasteiger partial charge in [-0.2, -0.15) is 0 Å². The van der Waals surface area contributed by atoms with Gasteiger partial charge in [-0.15, -0.1) is 0 Å². The van der Waals surface area contributed by atoms with E-state index in [0.29, 0.717) is 18.0 Å². The number of rotatable bonds is 4. The van der Waals surface area contributed by atoms with Crippen LogP contribution >= 0.6 is 0 Å². The van der Waals surface area contributed by atoms with E-state index in [1.165, 1.54) is 43.5 Å². The SMILES string of the molecule is CN[C@@H]1[C@H]2Cc3ccc(OC)cc3[C@@]1(C)C(C)CN2CC1CC1. The van der Waals surface area contributed by atoms with Crippen LogP contribution in [0.1, 0.15) is 37.8 Å². The Morgan fingerprint density at radius 1 is 1.35 bits per heavy atom. The van der Waals surface area contributed by atoms with E-state index < -0.39 is 0 Å². The maximum atomic E-state index is 5.52. The summed E-state index contributed by atoms with van der Waals surface area (Å²) >= 11 is 0. The van der Waals surface area contributed by atoms with Crippen LogP contribution in [0.15, 0.2) is 18.2 Å². The number of nitrogens with one attached hydrogen (secondary N) is 1. The highest BCUT2D eigenvalue weighted by molar-refractivity contribution is 5.46. The number of methoxy groups -OCH3 is 1. The van der Waals surface area contributed by atoms with Crippen molar-refractivity contribution >= 4 is 0 Å². The van der Waals surface area contributed by atoms with Gasteiger partial charge < -0.3 is 10.1 Å². The van der Waals surface area contributed by atoms with Crippen molar-refractivity contribution in [2.45, 2.75) is 50.6 Å². The summed E-state index contributed by atoms with van der Waals surface area (Å²) in [6.45, 7) is 7.44. The number of hydrogen-bond acceptors (Lipinski definition) is 3. The zero-order valence-electron chi connectivity index (χ0n) is 14.9. The number of likely N-dealkylation sites (tertiary alicyclic amines) is 1. The van der Waals surface area contributed by atoms with Crippen LogP contribution in [0.3, 0.4) is 0 Å². The van der Waals surface area contributed by atoms with E-state index in [0.717, 1.165) is 11.7 Å². The van der Waals surface area contributed by atoms with E-state index in [2.05, 4.69) is 49.3 Å². The normalized spacial score (nSPS) is 36.6. The number of nitrogens with zero attached hydrogens (tertiary/aromatic N) is 1. The fourth-order valence-electron chi connectivity index (χ4n) is 5.20. The van der Waals surface area contributed by atoms with Crippen LogP contribution in [0.5, 0.6) is 5.75 Å². The molecule has 1 unspecified atom stereocenters. The summed E-state index contributed by atoms with van der Waals surface area (Å²) in [5.41, 5.74) is 3.21. The molecule has 0 amide bonds. The second-order valence-corrected chi connectivity index (χ2v) is 8.14. The zero-order valence-corrected chi connectivity index (χ0v) is 14.9. The van der Waals surface area contributed by atoms with Crippen LogP contribution in [-0.4, -0.2) is 44.2 Å². The number of fused-ring (bicyclic) bond motifs is 4. The van der Waals surface area contributed by atoms with Gasteiger partial charge >= 0.3 is 0 Å². The van der Waals surface area contributed by atoms with Crippen molar-refractivity contribution in [3.63, 3.8) is 0 Å². The van der Waals surface area contributed by atoms with E-state index in [-0.39, 0.29) is 5.41 Å². The van der Waals surface area contributed by atoms with Crippen LogP contribution in [0, 0.1) is 11.8 Å². The first kappa shape index (κ1) is 15.5. The van der Waals surface area contributed by atoms with E-state index in [9.17, 15) is 0 Å². The Morgan fingerprint density at radius 2 is 2.13 bits per heavy atom. The summed E-state index contributed by atoms with van der Waals surface area (Å²) in [6.07, 6.45) is 4.04. The lowest BCUT2D eigenvalue weighted by atomic mass is 9.57. The van der Waals surface area contributed by atoms with Crippen LogP contribution < -0.4 is 10.1 Å². The molecule has 1 aliphatic heterocycles. The number of likely N-dealkylation sites (N-methyl/N-ethyl adjacent to an activating group) is 1. The third kappa shape index (κ3) is 2.32. The molecule has 0 radical (unpaired) electrons. The second-order valence-electron chi connectivity index (χ2n) is 8.14. The van der Waals surface area contributed by atoms with E-state index >= 15 is 0 Å². The van der Waals surface area contributed by atoms with Crippen LogP contribution in [0.2, 0.25) is 0 Å². The molecule has 1 N–H and O–H groups in total. The molecule has 23 heavy (non-hydrogen) atoms. The molecule has 2 fully saturated rings. The van der Waals surface area contributed by atoms with Gasteiger partial charge in [0, 0.05) is 30.6 Å². The molecule has 3 nitrogen and oxygen atoms in total. The van der Waals surface area contributed by atoms with E-state index in [1.807, 2.05) is 0 Å². The van der Waals surface area contributed by atoms with Crippen molar-refractivity contribution in [1.82, 2.24) is 10.2 Å². The minimum atomic E-state index is 0.182. The Bertz CT molecular complexity index is 597. The largest absolute Gasteiger partial charge is 0.497 e. The van der Waals surface area contributed by atoms with Gasteiger partial charge in [-0.05, 0) is 61.4 Å². The highest BCUT2D eigenvalue weighted by Crippen LogP contribution is 2.49. The lowest BCUT2D eigenvalue weighted by Gasteiger charge is -2.58. The second kappa shape index (κ2) is 5.49. The van der Waals surface area contributed by atoms with Crippen LogP contribution in [0.4, 0.5) is 0 Å². The predicted molar refractivity (Wildman–Crippen MR) is 94.1 cm³/mol. The molecule has 3 heteroatoms. The molecule has 4 rings (SSSR count). The quantitative estimate of drug-likeness (QED) is 0.925. The molecule has 2 bridgehead atoms. The summed E-state index contributed by atoms with van der Waals surface area (Å²) in [6, 6.07) is 7.88. The minimum Gasteiger partial charge on any atom is -0.497 e. The molecule has 1 aromatic carbocycles. The van der Waals surface area contributed by atoms with Crippen molar-refractivity contribution in [1.29, 1.82) is 0 Å². The first-order valence-electron chi connectivity index (χ1n) is 9.16. The Hall–Kier alpha value is -1.06. The van der Waals surface area contributed by atoms with Crippen molar-refractivity contribution < 1.29 is 4.74 Å². The van der Waals surface area contributed by atoms with Gasteiger partial charge in [0.2, 0.25) is 0 Å². The molecule has 2 aliphatic carbocycles. The monoisotopic (exact) mass is 314 g/mol. The molecule has 0 spiro atoms. The van der Waals surface area contributed by atoms with E-state index in [1.54, 1.807) is 7.11 Å². The van der Waals surface area contributed by atoms with Gasteiger partial charge in [0.25, 0.3) is 0 Å². The summed E-state index contributed by atoms with van der Waals surface area (Å²) < 4.78 is 5.52. The predicted octanol–water partition coefficient (Wildman–Crippen LogP) is 2.83. The van der Waals surface area contributed by atoms with Gasteiger partial charge in [0.1, 0.15) is 5.75 Å². The lowest BCUT2D eigenvalue weighted by Crippen LogP contribution is -2.69. The van der Waals surface area contributed by atoms with Gasteiger partial charge in [-0.25, -0.2) is 0 Å². The maximum Gasteiger partial charge on any atom is 0.119 e. The average Bonchev–Trinajstić information content (AvgIpc) is 3.36. The average molecular weight is 314 g/mol. The number of benzene rings is 1. The molecule has 0 aromatic heterocycles. The molecule has 1 saturated heterocycles. The summed E-state index contributed by atoms with van der Waals surface area (Å²) in [4.78, 5) is 2.79. The summed E-state index contributed by atoms with van der Waals surface area (Å²) in [7, 11) is 3.92. The highest BCUT2D eigenvalue weighted by Gasteiger charge is 2.54. The smallest absolute Gasteiger partial charge is 0.119 e. The molecule has 1 heterocycles. The zero-order chi connectivity index (χ0) is 16.2. The summed E-state index contributed by atoms with van der Waals surface area (Å²) in [5.74, 6) is 2.59. The first-order valence-corrected chi connectivity index (χ1v) is 9.16. The van der Waals surface area contributed by atoms with Gasteiger partial charge in [0.05, 0.1) is 7.11 Å². The third-order valence-corrected chi connectivity index (χ3v) is 6.86. The Morgan fingerprint density at radius 3 is 2.78 bits per heavy atom. The number of ether oxygens (including phenoxy) is 1. The fourth-order valence-corrected chi connectivity index (χ4v) is 5.20. The van der Waals surface area contributed by atoms with Gasteiger partial charge in [0.15, 0.2) is 0 Å². The number of piperidine rings is 1. The van der Waals surface area contributed by atoms with E-state index in [4.69, 9.17) is 4.74 Å². The Labute approximate surface area is 140 Å². The third-order valence-electron chi connectivity index (χ3n) is 6.86. The lowest BCUT2D eigenvalue weighted by molar-refractivity contribution is 0.00705. The Kier molecular flexibility index (Phi) is 3.69. The number of hydrogen-bond donors (Lipinski definition) is 1. The minimum absolute atomic E-state index is 0.182.